The molecule has 0 bridgehead atoms. The zero-order valence-electron chi connectivity index (χ0n) is 28.4. The lowest BCUT2D eigenvalue weighted by Gasteiger charge is -2.38. The van der Waals surface area contributed by atoms with Crippen molar-refractivity contribution in [2.45, 2.75) is 122 Å². The van der Waals surface area contributed by atoms with Crippen LogP contribution in [0.15, 0.2) is 0 Å². The van der Waals surface area contributed by atoms with Crippen LogP contribution in [-0.4, -0.2) is 121 Å². The SMILES string of the molecule is CCCC[C@H]1C(=O)N(C)[C@@H](CC(C)C)C(=O)N[C@@H](C2CCCCC2)C(=O)N[C@@H](CN)C(=O)N[C@@H]([C@H](C)O)C(=O)NCCN1CCF. The number of carbonyl (C=O) groups excluding carboxylic acids is 5. The molecule has 1 aliphatic carbocycles. The summed E-state index contributed by atoms with van der Waals surface area (Å²) in [5.41, 5.74) is 5.88. The predicted octanol–water partition coefficient (Wildman–Crippen LogP) is 0.194. The third-order valence-corrected chi connectivity index (χ3v) is 9.07. The topological polar surface area (TPSA) is 186 Å². The highest BCUT2D eigenvalue weighted by Crippen LogP contribution is 2.27. The summed E-state index contributed by atoms with van der Waals surface area (Å²) >= 11 is 0. The largest absolute Gasteiger partial charge is 0.391 e. The maximum Gasteiger partial charge on any atom is 0.245 e. The monoisotopic (exact) mass is 655 g/mol. The smallest absolute Gasteiger partial charge is 0.245 e. The maximum atomic E-state index is 14.2. The van der Waals surface area contributed by atoms with Crippen LogP contribution < -0.4 is 27.0 Å². The number of likely N-dealkylation sites (N-methyl/N-ethyl adjacent to an activating group) is 1. The lowest BCUT2D eigenvalue weighted by molar-refractivity contribution is -0.145. The highest BCUT2D eigenvalue weighted by molar-refractivity contribution is 5.96. The van der Waals surface area contributed by atoms with E-state index in [1.807, 2.05) is 20.8 Å². The minimum Gasteiger partial charge on any atom is -0.391 e. The van der Waals surface area contributed by atoms with E-state index in [9.17, 15) is 33.5 Å². The van der Waals surface area contributed by atoms with E-state index < -0.39 is 66.6 Å². The Kier molecular flexibility index (Phi) is 16.9. The molecule has 1 saturated carbocycles. The first-order valence-corrected chi connectivity index (χ1v) is 17.0. The Morgan fingerprint density at radius 1 is 0.935 bits per heavy atom. The van der Waals surface area contributed by atoms with Gasteiger partial charge in [0.15, 0.2) is 0 Å². The highest BCUT2D eigenvalue weighted by Gasteiger charge is 2.39. The summed E-state index contributed by atoms with van der Waals surface area (Å²) in [6.45, 7) is 6.27. The minimum absolute atomic E-state index is 0.00751. The van der Waals surface area contributed by atoms with Crippen LogP contribution in [0, 0.1) is 11.8 Å². The molecule has 2 rings (SSSR count). The van der Waals surface area contributed by atoms with Gasteiger partial charge in [-0.1, -0.05) is 52.9 Å². The van der Waals surface area contributed by atoms with Gasteiger partial charge in [-0.3, -0.25) is 28.9 Å². The molecule has 13 nitrogen and oxygen atoms in total. The number of amides is 5. The number of aliphatic hydroxyl groups is 1. The molecule has 1 saturated heterocycles. The van der Waals surface area contributed by atoms with Gasteiger partial charge in [-0.25, -0.2) is 4.39 Å². The van der Waals surface area contributed by atoms with E-state index in [0.717, 1.165) is 25.7 Å². The summed E-state index contributed by atoms with van der Waals surface area (Å²) < 4.78 is 13.8. The van der Waals surface area contributed by atoms with E-state index in [4.69, 9.17) is 5.73 Å². The van der Waals surface area contributed by atoms with Gasteiger partial charge in [0.2, 0.25) is 29.5 Å². The number of nitrogens with zero attached hydrogens (tertiary/aromatic N) is 2. The molecule has 14 heteroatoms. The molecule has 2 aliphatic rings. The Balaban J connectivity index is 2.60. The molecule has 6 atom stereocenters. The number of hydrogen-bond acceptors (Lipinski definition) is 8. The fourth-order valence-electron chi connectivity index (χ4n) is 6.37. The van der Waals surface area contributed by atoms with Gasteiger partial charge in [-0.05, 0) is 44.4 Å². The summed E-state index contributed by atoms with van der Waals surface area (Å²) in [5.74, 6) is -3.00. The van der Waals surface area contributed by atoms with Crippen LogP contribution in [0.5, 0.6) is 0 Å². The van der Waals surface area contributed by atoms with Crippen molar-refractivity contribution in [1.82, 2.24) is 31.1 Å². The van der Waals surface area contributed by atoms with Crippen molar-refractivity contribution in [2.75, 3.05) is 39.9 Å². The number of nitrogens with one attached hydrogen (secondary N) is 4. The molecular formula is C32H58FN7O6. The predicted molar refractivity (Wildman–Crippen MR) is 173 cm³/mol. The van der Waals surface area contributed by atoms with Crippen molar-refractivity contribution in [3.63, 3.8) is 0 Å². The van der Waals surface area contributed by atoms with Gasteiger partial charge >= 0.3 is 0 Å². The average Bonchev–Trinajstić information content (AvgIpc) is 3.02. The standard InChI is InChI=1S/C32H58FN7O6/c1-6-7-13-24-32(46)39(5)25(18-20(2)3)29(43)38-27(22-11-9-8-10-12-22)31(45)36-23(19-34)28(42)37-26(21(4)41)30(44)35-15-17-40(24)16-14-33/h20-27,41H,6-19,34H2,1-5H3,(H,35,44)(H,36,45)(H,37,42)(H,38,43)/t21-,23-,24-,25-,26-,27-/m0/s1. The zero-order valence-corrected chi connectivity index (χ0v) is 28.4. The normalized spacial score (nSPS) is 28.2. The van der Waals surface area contributed by atoms with E-state index in [1.165, 1.54) is 11.8 Å². The molecule has 7 N–H and O–H groups in total. The molecule has 46 heavy (non-hydrogen) atoms. The number of halogens is 1. The lowest BCUT2D eigenvalue weighted by atomic mass is 9.83. The molecule has 2 fully saturated rings. The summed E-state index contributed by atoms with van der Waals surface area (Å²) in [5, 5.41) is 21.1. The second-order valence-electron chi connectivity index (χ2n) is 13.2. The summed E-state index contributed by atoms with van der Waals surface area (Å²) in [6, 6.07) is -5.24. The third kappa shape index (κ3) is 11.4. The van der Waals surface area contributed by atoms with Gasteiger partial charge in [0.05, 0.1) is 12.1 Å². The summed E-state index contributed by atoms with van der Waals surface area (Å²) in [6.07, 6.45) is 5.12. The maximum absolute atomic E-state index is 14.2. The first kappa shape index (κ1) is 39.3. The van der Waals surface area contributed by atoms with Crippen LogP contribution in [0.3, 0.4) is 0 Å². The van der Waals surface area contributed by atoms with Crippen molar-refractivity contribution in [1.29, 1.82) is 0 Å². The second kappa shape index (κ2) is 19.7. The number of hydrogen-bond donors (Lipinski definition) is 6. The fraction of sp³-hybridized carbons (Fsp3) is 0.844. The first-order chi connectivity index (χ1) is 21.9. The van der Waals surface area contributed by atoms with Gasteiger partial charge in [0.1, 0.15) is 30.8 Å². The molecule has 5 amide bonds. The van der Waals surface area contributed by atoms with Crippen molar-refractivity contribution in [2.24, 2.45) is 17.6 Å². The number of aliphatic hydroxyl groups excluding tert-OH is 1. The Bertz CT molecular complexity index is 1010. The van der Waals surface area contributed by atoms with Gasteiger partial charge in [0, 0.05) is 33.2 Å². The molecule has 264 valence electrons. The second-order valence-corrected chi connectivity index (χ2v) is 13.2. The van der Waals surface area contributed by atoms with Gasteiger partial charge in [0.25, 0.3) is 0 Å². The molecule has 1 heterocycles. The molecule has 0 spiro atoms. The molecule has 0 aromatic carbocycles. The third-order valence-electron chi connectivity index (χ3n) is 9.07. The highest BCUT2D eigenvalue weighted by atomic mass is 19.1. The Labute approximate surface area is 273 Å². The quantitative estimate of drug-likeness (QED) is 0.193. The molecule has 0 radical (unpaired) electrons. The van der Waals surface area contributed by atoms with E-state index in [2.05, 4.69) is 21.3 Å². The molecule has 0 aromatic heterocycles. The van der Waals surface area contributed by atoms with Crippen LogP contribution in [0.25, 0.3) is 0 Å². The first-order valence-electron chi connectivity index (χ1n) is 17.0. The van der Waals surface area contributed by atoms with Crippen LogP contribution in [-0.2, 0) is 24.0 Å². The molecule has 1 aliphatic heterocycles. The van der Waals surface area contributed by atoms with Crippen molar-refractivity contribution >= 4 is 29.5 Å². The minimum atomic E-state index is -1.36. The summed E-state index contributed by atoms with van der Waals surface area (Å²) in [7, 11) is 1.57. The average molecular weight is 656 g/mol. The Hall–Kier alpha value is -2.84. The van der Waals surface area contributed by atoms with Crippen molar-refractivity contribution in [3.05, 3.63) is 0 Å². The number of rotatable bonds is 10. The number of unbranched alkanes of at least 4 members (excludes halogenated alkanes) is 1. The summed E-state index contributed by atoms with van der Waals surface area (Å²) in [4.78, 5) is 71.4. The van der Waals surface area contributed by atoms with Gasteiger partial charge in [-0.15, -0.1) is 0 Å². The zero-order chi connectivity index (χ0) is 34.4. The van der Waals surface area contributed by atoms with Crippen LogP contribution >= 0.6 is 0 Å². The van der Waals surface area contributed by atoms with E-state index in [-0.39, 0.29) is 43.9 Å². The molecular weight excluding hydrogens is 597 g/mol. The Morgan fingerprint density at radius 2 is 1.61 bits per heavy atom. The van der Waals surface area contributed by atoms with E-state index in [0.29, 0.717) is 32.1 Å². The van der Waals surface area contributed by atoms with Crippen molar-refractivity contribution in [3.8, 4) is 0 Å². The fourth-order valence-corrected chi connectivity index (χ4v) is 6.37. The van der Waals surface area contributed by atoms with Crippen LogP contribution in [0.1, 0.15) is 85.5 Å². The Morgan fingerprint density at radius 3 is 2.17 bits per heavy atom. The number of alkyl halides is 1. The molecule has 0 aromatic rings. The number of nitrogens with two attached hydrogens (primary N) is 1. The van der Waals surface area contributed by atoms with Crippen LogP contribution in [0.4, 0.5) is 4.39 Å². The molecule has 0 unspecified atom stereocenters. The van der Waals surface area contributed by atoms with Gasteiger partial charge in [-0.2, -0.15) is 0 Å². The van der Waals surface area contributed by atoms with Gasteiger partial charge < -0.3 is 37.0 Å². The van der Waals surface area contributed by atoms with Crippen LogP contribution in [0.2, 0.25) is 0 Å². The van der Waals surface area contributed by atoms with E-state index >= 15 is 0 Å². The van der Waals surface area contributed by atoms with Crippen molar-refractivity contribution < 1.29 is 33.5 Å². The lowest BCUT2D eigenvalue weighted by Crippen LogP contribution is -2.63. The number of carbonyl (C=O) groups is 5. The van der Waals surface area contributed by atoms with E-state index in [1.54, 1.807) is 11.9 Å².